The molecule has 1 heterocycles. The van der Waals surface area contributed by atoms with E-state index < -0.39 is 20.6 Å². The van der Waals surface area contributed by atoms with Gasteiger partial charge in [-0.2, -0.15) is 0 Å². The first kappa shape index (κ1) is 15.6. The highest BCUT2D eigenvalue weighted by Crippen LogP contribution is 2.27. The summed E-state index contributed by atoms with van der Waals surface area (Å²) in [5.41, 5.74) is 2.00. The van der Waals surface area contributed by atoms with Crippen molar-refractivity contribution < 1.29 is 13.3 Å². The zero-order valence-electron chi connectivity index (χ0n) is 11.3. The minimum absolute atomic E-state index is 0.263. The standard InChI is InChI=1S/C11H17N5O4S/c12-13-9-4-5-11(10(8-9)16(17)18)21(19,20)14-15-6-2-1-3-7-15/h4-5,8,13-14H,1-3,6-7,12H2. The molecular formula is C11H17N5O4S. The van der Waals surface area contributed by atoms with Gasteiger partial charge in [0.2, 0.25) is 0 Å². The predicted octanol–water partition coefficient (Wildman–Crippen LogP) is 0.560. The van der Waals surface area contributed by atoms with Crippen LogP contribution in [0.2, 0.25) is 0 Å². The van der Waals surface area contributed by atoms with Crippen LogP contribution in [-0.4, -0.2) is 31.4 Å². The van der Waals surface area contributed by atoms with Crippen LogP contribution < -0.4 is 16.1 Å². The monoisotopic (exact) mass is 315 g/mol. The van der Waals surface area contributed by atoms with Crippen molar-refractivity contribution in [3.63, 3.8) is 0 Å². The summed E-state index contributed by atoms with van der Waals surface area (Å²) in [5.74, 6) is 5.18. The Kier molecular flexibility index (Phi) is 4.73. The minimum Gasteiger partial charge on any atom is -0.324 e. The second-order valence-corrected chi connectivity index (χ2v) is 6.36. The van der Waals surface area contributed by atoms with E-state index in [0.717, 1.165) is 25.3 Å². The zero-order valence-corrected chi connectivity index (χ0v) is 12.1. The smallest absolute Gasteiger partial charge is 0.291 e. The van der Waals surface area contributed by atoms with Gasteiger partial charge in [0.15, 0.2) is 4.90 Å². The molecule has 1 aliphatic rings. The maximum atomic E-state index is 12.3. The van der Waals surface area contributed by atoms with E-state index in [0.29, 0.717) is 13.1 Å². The van der Waals surface area contributed by atoms with Crippen molar-refractivity contribution >= 4 is 21.4 Å². The van der Waals surface area contributed by atoms with Crippen LogP contribution in [0.1, 0.15) is 19.3 Å². The number of nitrogens with two attached hydrogens (primary N) is 1. The maximum Gasteiger partial charge on any atom is 0.291 e. The summed E-state index contributed by atoms with van der Waals surface area (Å²) in [4.78, 5) is 12.3. The number of piperidine rings is 1. The molecule has 2 rings (SSSR count). The lowest BCUT2D eigenvalue weighted by Crippen LogP contribution is -2.45. The van der Waals surface area contributed by atoms with E-state index >= 15 is 0 Å². The molecule has 0 aliphatic carbocycles. The Morgan fingerprint density at radius 2 is 1.90 bits per heavy atom. The normalized spacial score (nSPS) is 16.6. The van der Waals surface area contributed by atoms with Crippen LogP contribution in [0.25, 0.3) is 0 Å². The molecule has 0 spiro atoms. The number of nitro benzene ring substituents is 1. The number of nitrogens with one attached hydrogen (secondary N) is 2. The summed E-state index contributed by atoms with van der Waals surface area (Å²) in [6.07, 6.45) is 2.83. The van der Waals surface area contributed by atoms with Crippen molar-refractivity contribution in [2.75, 3.05) is 18.5 Å². The summed E-state index contributed by atoms with van der Waals surface area (Å²) < 4.78 is 24.6. The third kappa shape index (κ3) is 3.67. The molecule has 0 bridgehead atoms. The van der Waals surface area contributed by atoms with Crippen molar-refractivity contribution in [2.24, 2.45) is 5.84 Å². The highest BCUT2D eigenvalue weighted by atomic mass is 32.2. The molecule has 1 aromatic rings. The average molecular weight is 315 g/mol. The van der Waals surface area contributed by atoms with E-state index in [1.807, 2.05) is 0 Å². The van der Waals surface area contributed by atoms with Gasteiger partial charge in [0.1, 0.15) is 0 Å². The fourth-order valence-corrected chi connectivity index (χ4v) is 3.46. The van der Waals surface area contributed by atoms with Crippen LogP contribution in [-0.2, 0) is 10.0 Å². The number of hydrogen-bond acceptors (Lipinski definition) is 7. The van der Waals surface area contributed by atoms with Crippen molar-refractivity contribution in [1.82, 2.24) is 9.84 Å². The van der Waals surface area contributed by atoms with Gasteiger partial charge < -0.3 is 5.43 Å². The molecule has 0 unspecified atom stereocenters. The number of anilines is 1. The molecule has 1 fully saturated rings. The number of benzene rings is 1. The van der Waals surface area contributed by atoms with Gasteiger partial charge in [-0.25, -0.2) is 13.4 Å². The predicted molar refractivity (Wildman–Crippen MR) is 76.7 cm³/mol. The van der Waals surface area contributed by atoms with Crippen LogP contribution >= 0.6 is 0 Å². The molecule has 1 aliphatic heterocycles. The Balaban J connectivity index is 2.32. The first-order valence-electron chi connectivity index (χ1n) is 6.46. The van der Waals surface area contributed by atoms with Gasteiger partial charge in [0, 0.05) is 19.2 Å². The number of nitro groups is 1. The van der Waals surface area contributed by atoms with Crippen molar-refractivity contribution in [1.29, 1.82) is 0 Å². The lowest BCUT2D eigenvalue weighted by Gasteiger charge is -2.26. The Labute approximate surface area is 122 Å². The van der Waals surface area contributed by atoms with Gasteiger partial charge in [-0.05, 0) is 25.0 Å². The second-order valence-electron chi connectivity index (χ2n) is 4.73. The summed E-state index contributed by atoms with van der Waals surface area (Å²) >= 11 is 0. The SMILES string of the molecule is NNc1ccc(S(=O)(=O)NN2CCCCC2)c([N+](=O)[O-])c1. The van der Waals surface area contributed by atoms with Crippen molar-refractivity contribution in [3.8, 4) is 0 Å². The van der Waals surface area contributed by atoms with E-state index in [1.54, 1.807) is 5.01 Å². The molecule has 0 aromatic heterocycles. The fraction of sp³-hybridized carbons (Fsp3) is 0.455. The largest absolute Gasteiger partial charge is 0.324 e. The summed E-state index contributed by atoms with van der Waals surface area (Å²) in [7, 11) is -3.99. The molecule has 0 amide bonds. The van der Waals surface area contributed by atoms with Crippen LogP contribution in [0.15, 0.2) is 23.1 Å². The third-order valence-corrected chi connectivity index (χ3v) is 4.64. The van der Waals surface area contributed by atoms with E-state index in [2.05, 4.69) is 10.3 Å². The number of sulfonamides is 1. The summed E-state index contributed by atoms with van der Waals surface area (Å²) in [6.45, 7) is 1.19. The first-order chi connectivity index (χ1) is 9.94. The van der Waals surface area contributed by atoms with Crippen LogP contribution in [0.4, 0.5) is 11.4 Å². The van der Waals surface area contributed by atoms with Crippen molar-refractivity contribution in [2.45, 2.75) is 24.2 Å². The Morgan fingerprint density at radius 1 is 1.24 bits per heavy atom. The number of hydrazine groups is 2. The molecule has 9 nitrogen and oxygen atoms in total. The molecule has 0 saturated carbocycles. The van der Waals surface area contributed by atoms with Gasteiger partial charge in [-0.15, -0.1) is 4.83 Å². The number of rotatable bonds is 5. The van der Waals surface area contributed by atoms with Crippen LogP contribution in [0, 0.1) is 10.1 Å². The maximum absolute atomic E-state index is 12.3. The molecule has 1 saturated heterocycles. The Bertz CT molecular complexity index is 628. The van der Waals surface area contributed by atoms with Crippen LogP contribution in [0.3, 0.4) is 0 Å². The van der Waals surface area contributed by atoms with E-state index in [4.69, 9.17) is 5.84 Å². The van der Waals surface area contributed by atoms with Gasteiger partial charge in [-0.1, -0.05) is 6.42 Å². The molecule has 4 N–H and O–H groups in total. The lowest BCUT2D eigenvalue weighted by atomic mass is 10.2. The van der Waals surface area contributed by atoms with Gasteiger partial charge in [0.05, 0.1) is 10.6 Å². The van der Waals surface area contributed by atoms with Crippen LogP contribution in [0.5, 0.6) is 0 Å². The van der Waals surface area contributed by atoms with Crippen molar-refractivity contribution in [3.05, 3.63) is 28.3 Å². The Morgan fingerprint density at radius 3 is 2.48 bits per heavy atom. The van der Waals surface area contributed by atoms with E-state index in [-0.39, 0.29) is 10.6 Å². The molecule has 1 aromatic carbocycles. The van der Waals surface area contributed by atoms with Gasteiger partial charge >= 0.3 is 0 Å². The van der Waals surface area contributed by atoms with E-state index in [9.17, 15) is 18.5 Å². The molecule has 10 heteroatoms. The van der Waals surface area contributed by atoms with Gasteiger partial charge in [-0.3, -0.25) is 16.0 Å². The average Bonchev–Trinajstić information content (AvgIpc) is 2.47. The summed E-state index contributed by atoms with van der Waals surface area (Å²) in [5, 5.41) is 12.6. The Hall–Kier alpha value is -1.75. The lowest BCUT2D eigenvalue weighted by molar-refractivity contribution is -0.387. The third-order valence-electron chi connectivity index (χ3n) is 3.22. The quantitative estimate of drug-likeness (QED) is 0.411. The molecule has 21 heavy (non-hydrogen) atoms. The molecule has 0 radical (unpaired) electrons. The first-order valence-corrected chi connectivity index (χ1v) is 7.95. The van der Waals surface area contributed by atoms with E-state index in [1.165, 1.54) is 12.1 Å². The minimum atomic E-state index is -3.99. The topological polar surface area (TPSA) is 131 Å². The highest BCUT2D eigenvalue weighted by Gasteiger charge is 2.28. The number of nitrogens with zero attached hydrogens (tertiary/aromatic N) is 2. The number of hydrogen-bond donors (Lipinski definition) is 3. The number of nitrogen functional groups attached to an aromatic ring is 1. The second kappa shape index (κ2) is 6.35. The van der Waals surface area contributed by atoms with Gasteiger partial charge in [0.25, 0.3) is 15.7 Å². The molecular weight excluding hydrogens is 298 g/mol. The summed E-state index contributed by atoms with van der Waals surface area (Å²) in [6, 6.07) is 3.63. The molecule has 116 valence electrons. The highest BCUT2D eigenvalue weighted by molar-refractivity contribution is 7.89. The fourth-order valence-electron chi connectivity index (χ4n) is 2.18. The zero-order chi connectivity index (χ0) is 15.5. The molecule has 0 atom stereocenters.